The molecule has 0 radical (unpaired) electrons. The van der Waals surface area contributed by atoms with E-state index in [1.54, 1.807) is 0 Å². The summed E-state index contributed by atoms with van der Waals surface area (Å²) >= 11 is 0. The van der Waals surface area contributed by atoms with Crippen molar-refractivity contribution in [2.45, 2.75) is 25.5 Å². The second-order valence-electron chi connectivity index (χ2n) is 5.00. The summed E-state index contributed by atoms with van der Waals surface area (Å²) in [4.78, 5) is 35.7. The van der Waals surface area contributed by atoms with Crippen LogP contribution in [0.4, 0.5) is 4.79 Å². The fourth-order valence-electron chi connectivity index (χ4n) is 2.35. The van der Waals surface area contributed by atoms with Crippen LogP contribution in [0, 0.1) is 0 Å². The molecule has 7 heteroatoms. The molecule has 0 aromatic heterocycles. The third kappa shape index (κ3) is 4.21. The number of rotatable bonds is 5. The summed E-state index contributed by atoms with van der Waals surface area (Å²) in [6.45, 7) is 0.246. The Morgan fingerprint density at radius 1 is 1.27 bits per heavy atom. The zero-order chi connectivity index (χ0) is 15.9. The van der Waals surface area contributed by atoms with Crippen LogP contribution in [0.3, 0.4) is 0 Å². The lowest BCUT2D eigenvalue weighted by Crippen LogP contribution is -2.45. The highest BCUT2D eigenvalue weighted by Crippen LogP contribution is 2.17. The number of amides is 2. The van der Waals surface area contributed by atoms with Crippen LogP contribution in [0.15, 0.2) is 30.3 Å². The Kier molecular flexibility index (Phi) is 5.35. The Bertz CT molecular complexity index is 546. The number of aliphatic carboxylic acids is 1. The third-order valence-electron chi connectivity index (χ3n) is 3.45. The van der Waals surface area contributed by atoms with Crippen molar-refractivity contribution >= 4 is 18.0 Å². The molecule has 2 rings (SSSR count). The lowest BCUT2D eigenvalue weighted by atomic mass is 10.2. The summed E-state index contributed by atoms with van der Waals surface area (Å²) in [6.07, 6.45) is 0.393. The minimum absolute atomic E-state index is 0.113. The summed E-state index contributed by atoms with van der Waals surface area (Å²) in [6, 6.07) is 8.37. The van der Waals surface area contributed by atoms with Gasteiger partial charge in [0.2, 0.25) is 5.91 Å². The molecule has 2 amide bonds. The molecule has 7 nitrogen and oxygen atoms in total. The number of carboxylic acid groups (broad SMARTS) is 1. The van der Waals surface area contributed by atoms with Crippen LogP contribution < -0.4 is 5.32 Å². The first-order valence-corrected chi connectivity index (χ1v) is 7.05. The van der Waals surface area contributed by atoms with Crippen molar-refractivity contribution in [1.82, 2.24) is 10.2 Å². The van der Waals surface area contributed by atoms with Gasteiger partial charge >= 0.3 is 12.1 Å². The number of ether oxygens (including phenoxy) is 1. The van der Waals surface area contributed by atoms with Crippen LogP contribution >= 0.6 is 0 Å². The van der Waals surface area contributed by atoms with E-state index >= 15 is 0 Å². The Balaban J connectivity index is 1.74. The second kappa shape index (κ2) is 7.44. The molecule has 22 heavy (non-hydrogen) atoms. The number of carbonyl (C=O) groups is 3. The highest BCUT2D eigenvalue weighted by molar-refractivity contribution is 5.87. The highest BCUT2D eigenvalue weighted by atomic mass is 16.5. The zero-order valence-electron chi connectivity index (χ0n) is 12.0. The van der Waals surface area contributed by atoms with E-state index in [9.17, 15) is 14.4 Å². The molecule has 0 aliphatic carbocycles. The first kappa shape index (κ1) is 15.8. The summed E-state index contributed by atoms with van der Waals surface area (Å²) in [5.74, 6) is -1.43. The van der Waals surface area contributed by atoms with Gasteiger partial charge in [-0.05, 0) is 18.4 Å². The van der Waals surface area contributed by atoms with Gasteiger partial charge in [-0.25, -0.2) is 9.59 Å². The minimum atomic E-state index is -1.02. The third-order valence-corrected chi connectivity index (χ3v) is 3.45. The van der Waals surface area contributed by atoms with E-state index < -0.39 is 24.0 Å². The van der Waals surface area contributed by atoms with Gasteiger partial charge in [-0.1, -0.05) is 30.3 Å². The molecule has 0 unspecified atom stereocenters. The number of benzene rings is 1. The average Bonchev–Trinajstić information content (AvgIpc) is 3.01. The Labute approximate surface area is 127 Å². The van der Waals surface area contributed by atoms with Gasteiger partial charge in [0.05, 0.1) is 0 Å². The lowest BCUT2D eigenvalue weighted by Gasteiger charge is -2.21. The van der Waals surface area contributed by atoms with E-state index in [2.05, 4.69) is 5.32 Å². The topological polar surface area (TPSA) is 95.9 Å². The van der Waals surface area contributed by atoms with Crippen molar-refractivity contribution in [3.05, 3.63) is 35.9 Å². The van der Waals surface area contributed by atoms with E-state index in [1.807, 2.05) is 30.3 Å². The standard InChI is InChI=1S/C15H18N2O5/c18-13(17-8-4-7-12(17)14(19)20)9-16-15(21)22-10-11-5-2-1-3-6-11/h1-3,5-6,12H,4,7-10H2,(H,16,21)(H,19,20)/t12-/m0/s1. The van der Waals surface area contributed by atoms with Crippen LogP contribution in [0.1, 0.15) is 18.4 Å². The Morgan fingerprint density at radius 3 is 2.68 bits per heavy atom. The number of alkyl carbamates (subject to hydrolysis) is 1. The van der Waals surface area contributed by atoms with Gasteiger partial charge in [-0.15, -0.1) is 0 Å². The monoisotopic (exact) mass is 306 g/mol. The molecule has 118 valence electrons. The smallest absolute Gasteiger partial charge is 0.407 e. The number of nitrogens with one attached hydrogen (secondary N) is 1. The van der Waals surface area contributed by atoms with E-state index in [4.69, 9.17) is 9.84 Å². The molecule has 0 bridgehead atoms. The van der Waals surface area contributed by atoms with Crippen LogP contribution in [0.25, 0.3) is 0 Å². The van der Waals surface area contributed by atoms with Crippen molar-refractivity contribution in [2.24, 2.45) is 0 Å². The summed E-state index contributed by atoms with van der Waals surface area (Å²) in [7, 11) is 0. The molecule has 1 aromatic rings. The molecule has 1 aliphatic heterocycles. The predicted molar refractivity (Wildman–Crippen MR) is 77.0 cm³/mol. The number of hydrogen-bond donors (Lipinski definition) is 2. The van der Waals surface area contributed by atoms with Crippen LogP contribution in [0.5, 0.6) is 0 Å². The van der Waals surface area contributed by atoms with Crippen molar-refractivity contribution < 1.29 is 24.2 Å². The number of nitrogens with zero attached hydrogens (tertiary/aromatic N) is 1. The van der Waals surface area contributed by atoms with Gasteiger partial charge in [0, 0.05) is 6.54 Å². The fourth-order valence-corrected chi connectivity index (χ4v) is 2.35. The average molecular weight is 306 g/mol. The van der Waals surface area contributed by atoms with Gasteiger partial charge in [0.15, 0.2) is 0 Å². The minimum Gasteiger partial charge on any atom is -0.480 e. The van der Waals surface area contributed by atoms with E-state index in [-0.39, 0.29) is 13.2 Å². The molecule has 0 spiro atoms. The van der Waals surface area contributed by atoms with Crippen LogP contribution in [-0.2, 0) is 20.9 Å². The fraction of sp³-hybridized carbons (Fsp3) is 0.400. The van der Waals surface area contributed by atoms with Crippen molar-refractivity contribution in [1.29, 1.82) is 0 Å². The normalized spacial score (nSPS) is 17.1. The van der Waals surface area contributed by atoms with Crippen molar-refractivity contribution in [3.63, 3.8) is 0 Å². The molecular formula is C15H18N2O5. The summed E-state index contributed by atoms with van der Waals surface area (Å²) in [5.41, 5.74) is 0.842. The second-order valence-corrected chi connectivity index (χ2v) is 5.00. The molecular weight excluding hydrogens is 288 g/mol. The van der Waals surface area contributed by atoms with E-state index in [0.29, 0.717) is 19.4 Å². The van der Waals surface area contributed by atoms with Gasteiger partial charge in [-0.3, -0.25) is 4.79 Å². The lowest BCUT2D eigenvalue weighted by molar-refractivity contribution is -0.147. The maximum atomic E-state index is 11.9. The first-order valence-electron chi connectivity index (χ1n) is 7.05. The van der Waals surface area contributed by atoms with Crippen LogP contribution in [-0.4, -0.2) is 47.1 Å². The van der Waals surface area contributed by atoms with E-state index in [1.165, 1.54) is 4.90 Å². The van der Waals surface area contributed by atoms with Gasteiger partial charge < -0.3 is 20.1 Å². The van der Waals surface area contributed by atoms with Crippen LogP contribution in [0.2, 0.25) is 0 Å². The molecule has 1 heterocycles. The number of carbonyl (C=O) groups excluding carboxylic acids is 2. The molecule has 1 aliphatic rings. The molecule has 1 saturated heterocycles. The number of hydrogen-bond acceptors (Lipinski definition) is 4. The SMILES string of the molecule is O=C(NCC(=O)N1CCC[C@H]1C(=O)O)OCc1ccccc1. The zero-order valence-corrected chi connectivity index (χ0v) is 12.0. The molecule has 1 atom stereocenters. The largest absolute Gasteiger partial charge is 0.480 e. The molecule has 0 saturated carbocycles. The maximum absolute atomic E-state index is 11.9. The quantitative estimate of drug-likeness (QED) is 0.845. The predicted octanol–water partition coefficient (Wildman–Crippen LogP) is 0.988. The van der Waals surface area contributed by atoms with Gasteiger partial charge in [0.1, 0.15) is 19.2 Å². The Morgan fingerprint density at radius 2 is 2.00 bits per heavy atom. The van der Waals surface area contributed by atoms with E-state index in [0.717, 1.165) is 5.56 Å². The highest BCUT2D eigenvalue weighted by Gasteiger charge is 2.33. The van der Waals surface area contributed by atoms with Crippen molar-refractivity contribution in [3.8, 4) is 0 Å². The summed E-state index contributed by atoms with van der Waals surface area (Å²) in [5, 5.41) is 11.4. The first-order chi connectivity index (χ1) is 10.6. The number of likely N-dealkylation sites (tertiary alicyclic amines) is 1. The Hall–Kier alpha value is -2.57. The molecule has 1 aromatic carbocycles. The maximum Gasteiger partial charge on any atom is 0.407 e. The summed E-state index contributed by atoms with van der Waals surface area (Å²) < 4.78 is 4.98. The molecule has 2 N–H and O–H groups in total. The van der Waals surface area contributed by atoms with Gasteiger partial charge in [-0.2, -0.15) is 0 Å². The van der Waals surface area contributed by atoms with Crippen molar-refractivity contribution in [2.75, 3.05) is 13.1 Å². The number of carboxylic acids is 1. The van der Waals surface area contributed by atoms with Gasteiger partial charge in [0.25, 0.3) is 0 Å². The molecule has 1 fully saturated rings.